The van der Waals surface area contributed by atoms with Gasteiger partial charge in [0.05, 0.1) is 23.5 Å². The first-order valence-electron chi connectivity index (χ1n) is 9.68. The van der Waals surface area contributed by atoms with Gasteiger partial charge in [-0.05, 0) is 32.1 Å². The maximum atomic E-state index is 13.0. The van der Waals surface area contributed by atoms with E-state index in [2.05, 4.69) is 25.9 Å². The molecule has 1 amide bonds. The summed E-state index contributed by atoms with van der Waals surface area (Å²) in [6.07, 6.45) is 2.65. The minimum atomic E-state index is -0.322. The molecule has 2 saturated heterocycles. The molecule has 2 aliphatic heterocycles. The van der Waals surface area contributed by atoms with E-state index >= 15 is 0 Å². The van der Waals surface area contributed by atoms with Crippen molar-refractivity contribution in [3.05, 3.63) is 17.0 Å². The van der Waals surface area contributed by atoms with Crippen molar-refractivity contribution in [2.45, 2.75) is 78.1 Å². The Labute approximate surface area is 156 Å². The third-order valence-electron chi connectivity index (χ3n) is 6.14. The molecule has 0 radical (unpaired) electrons. The summed E-state index contributed by atoms with van der Waals surface area (Å²) in [6, 6.07) is 0. The number of hydrogen-bond acceptors (Lipinski definition) is 4. The molecular formula is C20H33N3O3. The minimum absolute atomic E-state index is 0.00467. The molecule has 1 aromatic heterocycles. The molecule has 3 rings (SSSR count). The molecule has 26 heavy (non-hydrogen) atoms. The van der Waals surface area contributed by atoms with E-state index in [1.165, 1.54) is 0 Å². The van der Waals surface area contributed by atoms with Gasteiger partial charge in [-0.15, -0.1) is 0 Å². The highest BCUT2D eigenvalue weighted by Crippen LogP contribution is 2.42. The van der Waals surface area contributed by atoms with Crippen molar-refractivity contribution in [2.75, 3.05) is 13.1 Å². The lowest BCUT2D eigenvalue weighted by Crippen LogP contribution is -2.56. The molecule has 6 nitrogen and oxygen atoms in total. The Morgan fingerprint density at radius 3 is 2.38 bits per heavy atom. The lowest BCUT2D eigenvalue weighted by molar-refractivity contribution is -0.205. The number of nitrogens with zero attached hydrogens (tertiary/aromatic N) is 3. The molecule has 1 spiro atoms. The standard InChI is InChI=1S/C20H33N3O3/c1-13-14(2)21-22(6)17(13)18(25)23-9-7-20(8-10-23)12-15(24)11-16(26-20)19(3,4)5/h15-16,24H,7-12H2,1-6H3/t15-,16-/m1/s1. The molecule has 2 aliphatic rings. The highest BCUT2D eigenvalue weighted by Gasteiger charge is 2.46. The molecule has 0 aliphatic carbocycles. The first-order valence-corrected chi connectivity index (χ1v) is 9.68. The molecule has 6 heteroatoms. The zero-order chi connectivity index (χ0) is 19.3. The number of aliphatic hydroxyl groups is 1. The van der Waals surface area contributed by atoms with Crippen LogP contribution in [0.5, 0.6) is 0 Å². The van der Waals surface area contributed by atoms with Gasteiger partial charge in [0, 0.05) is 38.5 Å². The van der Waals surface area contributed by atoms with Gasteiger partial charge in [-0.25, -0.2) is 0 Å². The van der Waals surface area contributed by atoms with Gasteiger partial charge in [0.25, 0.3) is 5.91 Å². The number of aryl methyl sites for hydroxylation is 2. The van der Waals surface area contributed by atoms with Gasteiger partial charge in [0.15, 0.2) is 0 Å². The second kappa shape index (κ2) is 6.64. The largest absolute Gasteiger partial charge is 0.393 e. The Morgan fingerprint density at radius 1 is 1.27 bits per heavy atom. The number of rotatable bonds is 1. The number of likely N-dealkylation sites (tertiary alicyclic amines) is 1. The van der Waals surface area contributed by atoms with Crippen molar-refractivity contribution in [2.24, 2.45) is 12.5 Å². The van der Waals surface area contributed by atoms with Crippen LogP contribution >= 0.6 is 0 Å². The fraction of sp³-hybridized carbons (Fsp3) is 0.800. The molecule has 2 fully saturated rings. The Balaban J connectivity index is 1.71. The third kappa shape index (κ3) is 3.54. The van der Waals surface area contributed by atoms with E-state index < -0.39 is 0 Å². The Hall–Kier alpha value is -1.40. The molecular weight excluding hydrogens is 330 g/mol. The van der Waals surface area contributed by atoms with Crippen molar-refractivity contribution in [3.8, 4) is 0 Å². The summed E-state index contributed by atoms with van der Waals surface area (Å²) in [4.78, 5) is 14.9. The summed E-state index contributed by atoms with van der Waals surface area (Å²) >= 11 is 0. The quantitative estimate of drug-likeness (QED) is 0.833. The van der Waals surface area contributed by atoms with Crippen LogP contribution in [0.2, 0.25) is 0 Å². The molecule has 0 bridgehead atoms. The average Bonchev–Trinajstić information content (AvgIpc) is 2.78. The van der Waals surface area contributed by atoms with Crippen LogP contribution in [0.25, 0.3) is 0 Å². The monoisotopic (exact) mass is 363 g/mol. The van der Waals surface area contributed by atoms with Crippen molar-refractivity contribution < 1.29 is 14.6 Å². The molecule has 3 heterocycles. The van der Waals surface area contributed by atoms with Crippen molar-refractivity contribution in [1.29, 1.82) is 0 Å². The zero-order valence-corrected chi connectivity index (χ0v) is 17.0. The Kier molecular flexibility index (Phi) is 4.95. The molecule has 2 atom stereocenters. The Morgan fingerprint density at radius 2 is 1.88 bits per heavy atom. The molecule has 1 N–H and O–H groups in total. The van der Waals surface area contributed by atoms with Gasteiger partial charge >= 0.3 is 0 Å². The number of ether oxygens (including phenoxy) is 1. The normalized spacial score (nSPS) is 26.3. The number of carbonyl (C=O) groups is 1. The number of piperidine rings is 1. The number of carbonyl (C=O) groups excluding carboxylic acids is 1. The molecule has 0 unspecified atom stereocenters. The summed E-state index contributed by atoms with van der Waals surface area (Å²) in [5, 5.41) is 14.8. The van der Waals surface area contributed by atoms with Crippen molar-refractivity contribution in [1.82, 2.24) is 14.7 Å². The molecule has 0 saturated carbocycles. The second-order valence-electron chi connectivity index (χ2n) is 9.22. The third-order valence-corrected chi connectivity index (χ3v) is 6.14. The number of aliphatic hydroxyl groups excluding tert-OH is 1. The fourth-order valence-electron chi connectivity index (χ4n) is 4.34. The predicted molar refractivity (Wildman–Crippen MR) is 100 cm³/mol. The van der Waals surface area contributed by atoms with Crippen molar-refractivity contribution >= 4 is 5.91 Å². The van der Waals surface area contributed by atoms with Crippen LogP contribution in [0.15, 0.2) is 0 Å². The second-order valence-corrected chi connectivity index (χ2v) is 9.22. The molecule has 146 valence electrons. The van der Waals surface area contributed by atoms with E-state index in [1.807, 2.05) is 25.8 Å². The highest BCUT2D eigenvalue weighted by atomic mass is 16.5. The maximum Gasteiger partial charge on any atom is 0.272 e. The van der Waals surface area contributed by atoms with E-state index in [0.29, 0.717) is 31.6 Å². The van der Waals surface area contributed by atoms with E-state index in [-0.39, 0.29) is 29.1 Å². The average molecular weight is 364 g/mol. The lowest BCUT2D eigenvalue weighted by Gasteiger charge is -2.50. The van der Waals surface area contributed by atoms with Crippen LogP contribution in [0.3, 0.4) is 0 Å². The van der Waals surface area contributed by atoms with Crippen LogP contribution in [0, 0.1) is 19.3 Å². The lowest BCUT2D eigenvalue weighted by atomic mass is 9.76. The van der Waals surface area contributed by atoms with E-state index in [0.717, 1.165) is 24.1 Å². The maximum absolute atomic E-state index is 13.0. The van der Waals surface area contributed by atoms with Gasteiger partial charge in [-0.3, -0.25) is 9.48 Å². The summed E-state index contributed by atoms with van der Waals surface area (Å²) in [7, 11) is 1.83. The van der Waals surface area contributed by atoms with Gasteiger partial charge in [-0.2, -0.15) is 5.10 Å². The van der Waals surface area contributed by atoms with Gasteiger partial charge in [0.1, 0.15) is 5.69 Å². The van der Waals surface area contributed by atoms with Crippen LogP contribution in [-0.2, 0) is 11.8 Å². The van der Waals surface area contributed by atoms with Crippen LogP contribution in [0.4, 0.5) is 0 Å². The SMILES string of the molecule is Cc1nn(C)c(C(=O)N2CCC3(CC2)C[C@H](O)C[C@H](C(C)(C)C)O3)c1C. The van der Waals surface area contributed by atoms with Crippen LogP contribution < -0.4 is 0 Å². The zero-order valence-electron chi connectivity index (χ0n) is 17.0. The molecule has 0 aromatic carbocycles. The van der Waals surface area contributed by atoms with E-state index in [1.54, 1.807) is 4.68 Å². The van der Waals surface area contributed by atoms with Gasteiger partial charge < -0.3 is 14.7 Å². The van der Waals surface area contributed by atoms with E-state index in [9.17, 15) is 9.90 Å². The minimum Gasteiger partial charge on any atom is -0.393 e. The first-order chi connectivity index (χ1) is 12.0. The smallest absolute Gasteiger partial charge is 0.272 e. The Bertz CT molecular complexity index is 681. The molecule has 1 aromatic rings. The highest BCUT2D eigenvalue weighted by molar-refractivity contribution is 5.94. The fourth-order valence-corrected chi connectivity index (χ4v) is 4.34. The predicted octanol–water partition coefficient (Wildman–Crippen LogP) is 2.60. The summed E-state index contributed by atoms with van der Waals surface area (Å²) in [6.45, 7) is 11.7. The number of aromatic nitrogens is 2. The van der Waals surface area contributed by atoms with Crippen LogP contribution in [-0.4, -0.2) is 56.6 Å². The van der Waals surface area contributed by atoms with Crippen molar-refractivity contribution in [3.63, 3.8) is 0 Å². The topological polar surface area (TPSA) is 67.6 Å². The summed E-state index contributed by atoms with van der Waals surface area (Å²) in [5.74, 6) is 0.0455. The number of amides is 1. The first kappa shape index (κ1) is 19.4. The summed E-state index contributed by atoms with van der Waals surface area (Å²) in [5.41, 5.74) is 2.23. The van der Waals surface area contributed by atoms with Crippen LogP contribution in [0.1, 0.15) is 68.2 Å². The van der Waals surface area contributed by atoms with Gasteiger partial charge in [0.2, 0.25) is 0 Å². The number of hydrogen-bond donors (Lipinski definition) is 1. The van der Waals surface area contributed by atoms with E-state index in [4.69, 9.17) is 4.74 Å². The summed E-state index contributed by atoms with van der Waals surface area (Å²) < 4.78 is 8.21. The van der Waals surface area contributed by atoms with Gasteiger partial charge in [-0.1, -0.05) is 20.8 Å².